The second-order valence-electron chi connectivity index (χ2n) is 6.86. The topological polar surface area (TPSA) is 55.3 Å². The molecule has 0 saturated carbocycles. The van der Waals surface area contributed by atoms with Gasteiger partial charge in [0.2, 0.25) is 0 Å². The summed E-state index contributed by atoms with van der Waals surface area (Å²) in [5.41, 5.74) is 0.810. The predicted octanol–water partition coefficient (Wildman–Crippen LogP) is 2.58. The molecule has 2 aliphatic heterocycles. The lowest BCUT2D eigenvalue weighted by Crippen LogP contribution is -2.53. The van der Waals surface area contributed by atoms with Gasteiger partial charge in [0.15, 0.2) is 12.6 Å². The zero-order valence-electron chi connectivity index (χ0n) is 15.9. The molecular formula is C19H26F3N3O3. The molecular weight excluding hydrogens is 375 g/mol. The lowest BCUT2D eigenvalue weighted by atomic mass is 10.1. The number of halogens is 3. The number of benzene rings is 1. The summed E-state index contributed by atoms with van der Waals surface area (Å²) in [6.45, 7) is 1.93. The highest BCUT2D eigenvalue weighted by Gasteiger charge is 2.32. The number of aliphatic imine (C=N–C) groups is 1. The molecule has 9 heteroatoms. The lowest BCUT2D eigenvalue weighted by Gasteiger charge is -2.37. The van der Waals surface area contributed by atoms with Gasteiger partial charge in [0, 0.05) is 33.3 Å². The maximum absolute atomic E-state index is 12.3. The second kappa shape index (κ2) is 9.47. The Kier molecular flexibility index (Phi) is 7.01. The highest BCUT2D eigenvalue weighted by molar-refractivity contribution is 5.80. The van der Waals surface area contributed by atoms with Crippen molar-refractivity contribution in [3.63, 3.8) is 0 Å². The molecule has 2 atom stereocenters. The van der Waals surface area contributed by atoms with Gasteiger partial charge in [-0.2, -0.15) is 13.2 Å². The Morgan fingerprint density at radius 3 is 2.82 bits per heavy atom. The van der Waals surface area contributed by atoms with Crippen LogP contribution in [0, 0.1) is 0 Å². The summed E-state index contributed by atoms with van der Waals surface area (Å²) >= 11 is 0. The molecule has 28 heavy (non-hydrogen) atoms. The van der Waals surface area contributed by atoms with Crippen LogP contribution >= 0.6 is 0 Å². The fourth-order valence-electron chi connectivity index (χ4n) is 3.41. The smallest absolute Gasteiger partial charge is 0.422 e. The number of morpholine rings is 1. The van der Waals surface area contributed by atoms with Crippen LogP contribution in [0.1, 0.15) is 18.4 Å². The molecule has 6 nitrogen and oxygen atoms in total. The van der Waals surface area contributed by atoms with E-state index in [1.54, 1.807) is 19.2 Å². The molecule has 0 aliphatic carbocycles. The first-order chi connectivity index (χ1) is 13.4. The summed E-state index contributed by atoms with van der Waals surface area (Å²) in [7, 11) is 1.71. The van der Waals surface area contributed by atoms with E-state index in [2.05, 4.69) is 15.2 Å². The van der Waals surface area contributed by atoms with Crippen molar-refractivity contribution in [3.8, 4) is 5.75 Å². The van der Waals surface area contributed by atoms with E-state index < -0.39 is 12.8 Å². The Labute approximate surface area is 162 Å². The number of ether oxygens (including phenoxy) is 3. The third-order valence-corrected chi connectivity index (χ3v) is 4.74. The van der Waals surface area contributed by atoms with Gasteiger partial charge in [-0.05, 0) is 30.5 Å². The first-order valence-electron chi connectivity index (χ1n) is 9.42. The van der Waals surface area contributed by atoms with Crippen LogP contribution in [-0.2, 0) is 16.0 Å². The van der Waals surface area contributed by atoms with Gasteiger partial charge in [0.25, 0.3) is 0 Å². The van der Waals surface area contributed by atoms with E-state index in [1.807, 2.05) is 6.07 Å². The molecule has 2 heterocycles. The molecule has 2 unspecified atom stereocenters. The first kappa shape index (κ1) is 20.7. The maximum atomic E-state index is 12.3. The Hall–Kier alpha value is -2.00. The zero-order chi connectivity index (χ0) is 20.0. The van der Waals surface area contributed by atoms with Crippen molar-refractivity contribution in [1.82, 2.24) is 10.2 Å². The van der Waals surface area contributed by atoms with Gasteiger partial charge in [-0.1, -0.05) is 12.1 Å². The molecule has 1 aromatic rings. The highest BCUT2D eigenvalue weighted by atomic mass is 19.4. The van der Waals surface area contributed by atoms with Gasteiger partial charge in [-0.3, -0.25) is 4.99 Å². The molecule has 2 aliphatic rings. The highest BCUT2D eigenvalue weighted by Crippen LogP contribution is 2.22. The minimum atomic E-state index is -4.35. The van der Waals surface area contributed by atoms with Gasteiger partial charge in [0.1, 0.15) is 11.9 Å². The van der Waals surface area contributed by atoms with Crippen molar-refractivity contribution in [2.24, 2.45) is 4.99 Å². The monoisotopic (exact) mass is 401 g/mol. The fraction of sp³-hybridized carbons (Fsp3) is 0.632. The summed E-state index contributed by atoms with van der Waals surface area (Å²) < 4.78 is 53.3. The third kappa shape index (κ3) is 6.00. The quantitative estimate of drug-likeness (QED) is 0.607. The molecule has 3 rings (SSSR count). The van der Waals surface area contributed by atoms with E-state index in [-0.39, 0.29) is 18.0 Å². The van der Waals surface area contributed by atoms with Crippen molar-refractivity contribution in [2.75, 3.05) is 40.0 Å². The second-order valence-corrected chi connectivity index (χ2v) is 6.86. The van der Waals surface area contributed by atoms with Gasteiger partial charge >= 0.3 is 6.18 Å². The summed E-state index contributed by atoms with van der Waals surface area (Å²) in [6, 6.07) is 6.61. The summed E-state index contributed by atoms with van der Waals surface area (Å²) in [6.07, 6.45) is -2.14. The van der Waals surface area contributed by atoms with Crippen LogP contribution in [0.3, 0.4) is 0 Å². The lowest BCUT2D eigenvalue weighted by molar-refractivity contribution is -0.153. The van der Waals surface area contributed by atoms with Gasteiger partial charge < -0.3 is 24.4 Å². The fourth-order valence-corrected chi connectivity index (χ4v) is 3.41. The molecule has 2 fully saturated rings. The van der Waals surface area contributed by atoms with E-state index in [0.29, 0.717) is 19.7 Å². The van der Waals surface area contributed by atoms with Crippen molar-refractivity contribution in [1.29, 1.82) is 0 Å². The molecule has 2 saturated heterocycles. The van der Waals surface area contributed by atoms with E-state index in [0.717, 1.165) is 37.5 Å². The Balaban J connectivity index is 1.53. The normalized spacial score (nSPS) is 23.7. The van der Waals surface area contributed by atoms with E-state index in [4.69, 9.17) is 14.2 Å². The van der Waals surface area contributed by atoms with Gasteiger partial charge in [-0.15, -0.1) is 0 Å². The molecule has 0 amide bonds. The number of nitrogens with one attached hydrogen (secondary N) is 1. The summed E-state index contributed by atoms with van der Waals surface area (Å²) in [5.74, 6) is 0.921. The molecule has 0 bridgehead atoms. The van der Waals surface area contributed by atoms with Gasteiger partial charge in [0.05, 0.1) is 12.7 Å². The van der Waals surface area contributed by atoms with Crippen molar-refractivity contribution >= 4 is 5.96 Å². The standard InChI is InChI=1S/C19H26F3N3O3/c1-23-18(25-7-9-27-17(12-25)16-6-3-8-26-16)24-11-14-4-2-5-15(10-14)28-13-19(20,21)22/h2,4-5,10,16-17H,3,6-9,11-13H2,1H3,(H,23,24). The van der Waals surface area contributed by atoms with Crippen molar-refractivity contribution in [2.45, 2.75) is 37.8 Å². The zero-order valence-corrected chi connectivity index (χ0v) is 15.9. The third-order valence-electron chi connectivity index (χ3n) is 4.74. The number of alkyl halides is 3. The Bertz CT molecular complexity index is 663. The Morgan fingerprint density at radius 2 is 2.11 bits per heavy atom. The number of nitrogens with zero attached hydrogens (tertiary/aromatic N) is 2. The van der Waals surface area contributed by atoms with Crippen LogP contribution in [-0.4, -0.2) is 69.2 Å². The van der Waals surface area contributed by atoms with Crippen LogP contribution in [0.15, 0.2) is 29.3 Å². The molecule has 1 N–H and O–H groups in total. The van der Waals surface area contributed by atoms with Crippen molar-refractivity contribution < 1.29 is 27.4 Å². The number of rotatable bonds is 5. The van der Waals surface area contributed by atoms with E-state index >= 15 is 0 Å². The van der Waals surface area contributed by atoms with E-state index in [1.165, 1.54) is 6.07 Å². The Morgan fingerprint density at radius 1 is 1.29 bits per heavy atom. The van der Waals surface area contributed by atoms with Crippen LogP contribution in [0.5, 0.6) is 5.75 Å². The maximum Gasteiger partial charge on any atom is 0.422 e. The largest absolute Gasteiger partial charge is 0.484 e. The average molecular weight is 401 g/mol. The predicted molar refractivity (Wildman–Crippen MR) is 98.5 cm³/mol. The van der Waals surface area contributed by atoms with Crippen LogP contribution in [0.25, 0.3) is 0 Å². The van der Waals surface area contributed by atoms with E-state index in [9.17, 15) is 13.2 Å². The molecule has 0 aromatic heterocycles. The number of hydrogen-bond acceptors (Lipinski definition) is 4. The number of hydrogen-bond donors (Lipinski definition) is 1. The molecule has 0 spiro atoms. The SMILES string of the molecule is CN=C(NCc1cccc(OCC(F)(F)F)c1)N1CCOC(C2CCCO2)C1. The van der Waals surface area contributed by atoms with Crippen LogP contribution < -0.4 is 10.1 Å². The average Bonchev–Trinajstić information content (AvgIpc) is 3.22. The molecule has 1 aromatic carbocycles. The van der Waals surface area contributed by atoms with Gasteiger partial charge in [-0.25, -0.2) is 0 Å². The minimum Gasteiger partial charge on any atom is -0.484 e. The van der Waals surface area contributed by atoms with Crippen molar-refractivity contribution in [3.05, 3.63) is 29.8 Å². The molecule has 0 radical (unpaired) electrons. The van der Waals surface area contributed by atoms with Crippen LogP contribution in [0.4, 0.5) is 13.2 Å². The summed E-state index contributed by atoms with van der Waals surface area (Å²) in [4.78, 5) is 6.46. The minimum absolute atomic E-state index is 0.0221. The van der Waals surface area contributed by atoms with Crippen LogP contribution in [0.2, 0.25) is 0 Å². The first-order valence-corrected chi connectivity index (χ1v) is 9.42. The number of guanidine groups is 1. The summed E-state index contributed by atoms with van der Waals surface area (Å²) in [5, 5.41) is 3.27. The molecule has 156 valence electrons.